The third-order valence-corrected chi connectivity index (χ3v) is 3.89. The number of hydrogen-bond donors (Lipinski definition) is 1. The van der Waals surface area contributed by atoms with Crippen molar-refractivity contribution in [1.29, 1.82) is 0 Å². The Labute approximate surface area is 169 Å². The van der Waals surface area contributed by atoms with Gasteiger partial charge in [0.1, 0.15) is 5.54 Å². The molecule has 0 bridgehead atoms. The Kier molecular flexibility index (Phi) is 8.78. The predicted molar refractivity (Wildman–Crippen MR) is 102 cm³/mol. The molecule has 1 rings (SSSR count). The molecular weight excluding hydrogens is 382 g/mol. The molecule has 29 heavy (non-hydrogen) atoms. The van der Waals surface area contributed by atoms with Gasteiger partial charge >= 0.3 is 23.9 Å². The van der Waals surface area contributed by atoms with Gasteiger partial charge in [0.25, 0.3) is 0 Å². The highest BCUT2D eigenvalue weighted by Gasteiger charge is 2.36. The average molecular weight is 409 g/mol. The molecule has 0 radical (unpaired) electrons. The van der Waals surface area contributed by atoms with Gasteiger partial charge in [-0.25, -0.2) is 0 Å². The summed E-state index contributed by atoms with van der Waals surface area (Å²) >= 11 is 0. The van der Waals surface area contributed by atoms with Crippen LogP contribution in [0.2, 0.25) is 0 Å². The van der Waals surface area contributed by atoms with Crippen LogP contribution in [0.5, 0.6) is 11.5 Å². The monoisotopic (exact) mass is 409 g/mol. The molecule has 1 aromatic rings. The van der Waals surface area contributed by atoms with Crippen molar-refractivity contribution in [3.05, 3.63) is 23.8 Å². The number of rotatable bonds is 9. The van der Waals surface area contributed by atoms with E-state index >= 15 is 0 Å². The van der Waals surface area contributed by atoms with E-state index in [1.54, 1.807) is 19.9 Å². The van der Waals surface area contributed by atoms with Gasteiger partial charge in [0, 0.05) is 26.7 Å². The summed E-state index contributed by atoms with van der Waals surface area (Å²) in [6.45, 7) is 5.74. The van der Waals surface area contributed by atoms with Crippen LogP contribution in [0.1, 0.15) is 39.7 Å². The molecule has 0 aliphatic carbocycles. The van der Waals surface area contributed by atoms with Gasteiger partial charge in [-0.2, -0.15) is 0 Å². The van der Waals surface area contributed by atoms with Crippen LogP contribution < -0.4 is 15.2 Å². The zero-order chi connectivity index (χ0) is 22.2. The fraction of sp³-hybridized carbons (Fsp3) is 0.500. The maximum Gasteiger partial charge on any atom is 0.326 e. The van der Waals surface area contributed by atoms with Crippen LogP contribution in [0.4, 0.5) is 0 Å². The first-order valence-corrected chi connectivity index (χ1v) is 9.02. The molecule has 0 saturated carbocycles. The molecule has 1 aromatic carbocycles. The normalized spacial score (nSPS) is 12.7. The van der Waals surface area contributed by atoms with E-state index in [2.05, 4.69) is 0 Å². The summed E-state index contributed by atoms with van der Waals surface area (Å²) in [5.74, 6) is -2.51. The van der Waals surface area contributed by atoms with E-state index in [1.165, 1.54) is 33.1 Å². The summed E-state index contributed by atoms with van der Waals surface area (Å²) < 4.78 is 20.0. The van der Waals surface area contributed by atoms with Crippen molar-refractivity contribution in [2.24, 2.45) is 11.7 Å². The van der Waals surface area contributed by atoms with Crippen molar-refractivity contribution < 1.29 is 38.1 Å². The quantitative estimate of drug-likeness (QED) is 0.476. The number of esters is 4. The molecule has 9 heteroatoms. The lowest BCUT2D eigenvalue weighted by Gasteiger charge is -2.27. The van der Waals surface area contributed by atoms with Crippen molar-refractivity contribution in [1.82, 2.24) is 0 Å². The first-order valence-electron chi connectivity index (χ1n) is 9.02. The minimum atomic E-state index is -1.48. The van der Waals surface area contributed by atoms with Gasteiger partial charge in [-0.05, 0) is 17.7 Å². The summed E-state index contributed by atoms with van der Waals surface area (Å²) in [7, 11) is 1.21. The molecule has 1 atom stereocenters. The number of carbonyl (C=O) groups excluding carboxylic acids is 4. The highest BCUT2D eigenvalue weighted by Crippen LogP contribution is 2.30. The standard InChI is InChI=1S/C20H27NO8/c1-12(2)18(24)27-9-8-20(21,19(25)26-5)11-15-6-7-16(28-13(3)22)17(10-15)29-14(4)23/h6-7,10,12H,8-9,11,21H2,1-5H3/t20-/m1/s1. The van der Waals surface area contributed by atoms with Gasteiger partial charge in [0.2, 0.25) is 0 Å². The van der Waals surface area contributed by atoms with E-state index in [1.807, 2.05) is 0 Å². The van der Waals surface area contributed by atoms with E-state index in [0.717, 1.165) is 0 Å². The lowest BCUT2D eigenvalue weighted by Crippen LogP contribution is -2.51. The van der Waals surface area contributed by atoms with Gasteiger partial charge in [0.15, 0.2) is 11.5 Å². The predicted octanol–water partition coefficient (Wildman–Crippen LogP) is 1.54. The van der Waals surface area contributed by atoms with Crippen LogP contribution in [-0.4, -0.2) is 43.1 Å². The van der Waals surface area contributed by atoms with Crippen LogP contribution in [-0.2, 0) is 35.1 Å². The molecule has 0 aliphatic rings. The van der Waals surface area contributed by atoms with Gasteiger partial charge in [-0.3, -0.25) is 19.2 Å². The number of hydrogen-bond acceptors (Lipinski definition) is 9. The van der Waals surface area contributed by atoms with Crippen LogP contribution >= 0.6 is 0 Å². The highest BCUT2D eigenvalue weighted by molar-refractivity contribution is 5.81. The van der Waals surface area contributed by atoms with Crippen molar-refractivity contribution >= 4 is 23.9 Å². The minimum absolute atomic E-state index is 0.00746. The van der Waals surface area contributed by atoms with Gasteiger partial charge < -0.3 is 24.7 Å². The molecule has 0 saturated heterocycles. The molecule has 0 spiro atoms. The maximum atomic E-state index is 12.3. The molecule has 0 amide bonds. The zero-order valence-corrected chi connectivity index (χ0v) is 17.3. The second kappa shape index (κ2) is 10.6. The Hall–Kier alpha value is -2.94. The molecule has 0 aromatic heterocycles. The van der Waals surface area contributed by atoms with Crippen LogP contribution in [0.3, 0.4) is 0 Å². The summed E-state index contributed by atoms with van der Waals surface area (Å²) in [6.07, 6.45) is 0.0280. The van der Waals surface area contributed by atoms with Crippen LogP contribution in [0, 0.1) is 5.92 Å². The number of nitrogens with two attached hydrogens (primary N) is 1. The van der Waals surface area contributed by atoms with Gasteiger partial charge in [0.05, 0.1) is 19.6 Å². The number of benzene rings is 1. The smallest absolute Gasteiger partial charge is 0.326 e. The fourth-order valence-electron chi connectivity index (χ4n) is 2.47. The second-order valence-electron chi connectivity index (χ2n) is 6.87. The molecule has 0 unspecified atom stereocenters. The number of methoxy groups -OCH3 is 1. The summed E-state index contributed by atoms with van der Waals surface area (Å²) in [5, 5.41) is 0. The first kappa shape index (κ1) is 24.1. The first-order chi connectivity index (χ1) is 13.5. The van der Waals surface area contributed by atoms with Crippen molar-refractivity contribution in [3.63, 3.8) is 0 Å². The van der Waals surface area contributed by atoms with E-state index in [-0.39, 0.29) is 36.9 Å². The fourth-order valence-corrected chi connectivity index (χ4v) is 2.47. The number of ether oxygens (including phenoxy) is 4. The van der Waals surface area contributed by atoms with Crippen molar-refractivity contribution in [2.75, 3.05) is 13.7 Å². The maximum absolute atomic E-state index is 12.3. The molecule has 0 fully saturated rings. The number of carbonyl (C=O) groups is 4. The average Bonchev–Trinajstić information content (AvgIpc) is 2.62. The summed E-state index contributed by atoms with van der Waals surface area (Å²) in [4.78, 5) is 46.5. The Bertz CT molecular complexity index is 774. The van der Waals surface area contributed by atoms with E-state index in [9.17, 15) is 19.2 Å². The van der Waals surface area contributed by atoms with E-state index in [0.29, 0.717) is 5.56 Å². The van der Waals surface area contributed by atoms with E-state index in [4.69, 9.17) is 24.7 Å². The second-order valence-corrected chi connectivity index (χ2v) is 6.87. The molecule has 9 nitrogen and oxygen atoms in total. The van der Waals surface area contributed by atoms with Crippen molar-refractivity contribution in [3.8, 4) is 11.5 Å². The molecular formula is C20H27NO8. The lowest BCUT2D eigenvalue weighted by molar-refractivity contribution is -0.152. The van der Waals surface area contributed by atoms with Crippen LogP contribution in [0.25, 0.3) is 0 Å². The summed E-state index contributed by atoms with van der Waals surface area (Å²) in [5.41, 5.74) is 5.30. The van der Waals surface area contributed by atoms with Crippen molar-refractivity contribution in [2.45, 2.75) is 46.1 Å². The van der Waals surface area contributed by atoms with Crippen LogP contribution in [0.15, 0.2) is 18.2 Å². The summed E-state index contributed by atoms with van der Waals surface area (Å²) in [6, 6.07) is 4.46. The molecule has 0 heterocycles. The Morgan fingerprint density at radius 2 is 1.62 bits per heavy atom. The molecule has 0 aliphatic heterocycles. The third-order valence-electron chi connectivity index (χ3n) is 3.89. The zero-order valence-electron chi connectivity index (χ0n) is 17.3. The Morgan fingerprint density at radius 1 is 1.03 bits per heavy atom. The molecule has 160 valence electrons. The Morgan fingerprint density at radius 3 is 2.14 bits per heavy atom. The minimum Gasteiger partial charge on any atom is -0.468 e. The Balaban J connectivity index is 3.08. The SMILES string of the molecule is COC(=O)[C@@](N)(CCOC(=O)C(C)C)Cc1ccc(OC(C)=O)c(OC(C)=O)c1. The van der Waals surface area contributed by atoms with Gasteiger partial charge in [-0.1, -0.05) is 19.9 Å². The topological polar surface area (TPSA) is 131 Å². The van der Waals surface area contributed by atoms with E-state index < -0.39 is 29.4 Å². The largest absolute Gasteiger partial charge is 0.468 e. The third kappa shape index (κ3) is 7.53. The van der Waals surface area contributed by atoms with Gasteiger partial charge in [-0.15, -0.1) is 0 Å². The molecule has 2 N–H and O–H groups in total. The lowest BCUT2D eigenvalue weighted by atomic mass is 9.88. The highest BCUT2D eigenvalue weighted by atomic mass is 16.6.